The second-order valence-electron chi connectivity index (χ2n) is 4.51. The summed E-state index contributed by atoms with van der Waals surface area (Å²) in [4.78, 5) is 10.9. The first-order valence-corrected chi connectivity index (χ1v) is 6.89. The smallest absolute Gasteiger partial charge is 0.338 e. The molecule has 0 aliphatic rings. The Hall–Kier alpha value is -1.78. The Morgan fingerprint density at radius 2 is 2.00 bits per heavy atom. The lowest BCUT2D eigenvalue weighted by Crippen LogP contribution is -2.09. The van der Waals surface area contributed by atoms with Crippen molar-refractivity contribution in [2.75, 3.05) is 5.32 Å². The van der Waals surface area contributed by atoms with Crippen LogP contribution in [0.15, 0.2) is 36.4 Å². The van der Waals surface area contributed by atoms with E-state index >= 15 is 0 Å². The largest absolute Gasteiger partial charge is 0.478 e. The average Bonchev–Trinajstić information content (AvgIpc) is 2.43. The lowest BCUT2D eigenvalue weighted by Gasteiger charge is -2.18. The van der Waals surface area contributed by atoms with Crippen LogP contribution < -0.4 is 5.32 Å². The van der Waals surface area contributed by atoms with Crippen LogP contribution in [-0.2, 0) is 0 Å². The summed E-state index contributed by atoms with van der Waals surface area (Å²) in [6.45, 7) is 1.85. The van der Waals surface area contributed by atoms with Gasteiger partial charge in [0, 0.05) is 5.69 Å². The molecule has 3 nitrogen and oxygen atoms in total. The Morgan fingerprint density at radius 3 is 2.67 bits per heavy atom. The third-order valence-corrected chi connectivity index (χ3v) is 3.86. The third-order valence-electron chi connectivity index (χ3n) is 3.03. The maximum Gasteiger partial charge on any atom is 0.338 e. The number of carboxylic acids is 1. The maximum absolute atomic E-state index is 13.4. The van der Waals surface area contributed by atoms with Crippen molar-refractivity contribution in [1.29, 1.82) is 0 Å². The molecule has 6 heteroatoms. The standard InChI is InChI=1S/C15H12Cl2FNO2/c1-8(10-3-2-4-12(16)14(10)17)19-9-5-6-13(18)11(7-9)15(20)21/h2-8,19H,1H3,(H,20,21). The first kappa shape index (κ1) is 15.6. The summed E-state index contributed by atoms with van der Waals surface area (Å²) in [6, 6.07) is 8.87. The molecule has 0 radical (unpaired) electrons. The number of benzene rings is 2. The van der Waals surface area contributed by atoms with Crippen LogP contribution in [0.2, 0.25) is 10.0 Å². The Bertz CT molecular complexity index is 691. The molecule has 0 aliphatic heterocycles. The van der Waals surface area contributed by atoms with Crippen molar-refractivity contribution in [3.8, 4) is 0 Å². The third kappa shape index (κ3) is 3.46. The van der Waals surface area contributed by atoms with E-state index in [1.165, 1.54) is 12.1 Å². The minimum atomic E-state index is -1.32. The molecular formula is C15H12Cl2FNO2. The summed E-state index contributed by atoms with van der Waals surface area (Å²) in [5.74, 6) is -2.09. The normalized spacial score (nSPS) is 12.0. The Morgan fingerprint density at radius 1 is 1.29 bits per heavy atom. The quantitative estimate of drug-likeness (QED) is 0.830. The number of halogens is 3. The zero-order chi connectivity index (χ0) is 15.6. The van der Waals surface area contributed by atoms with Gasteiger partial charge in [-0.2, -0.15) is 0 Å². The van der Waals surface area contributed by atoms with Crippen LogP contribution >= 0.6 is 23.2 Å². The Balaban J connectivity index is 2.27. The van der Waals surface area contributed by atoms with Crippen molar-refractivity contribution in [3.05, 3.63) is 63.4 Å². The van der Waals surface area contributed by atoms with Gasteiger partial charge in [-0.15, -0.1) is 0 Å². The number of rotatable bonds is 4. The van der Waals surface area contributed by atoms with Crippen molar-refractivity contribution in [1.82, 2.24) is 0 Å². The van der Waals surface area contributed by atoms with E-state index in [0.717, 1.165) is 11.6 Å². The highest BCUT2D eigenvalue weighted by Crippen LogP contribution is 2.31. The molecule has 110 valence electrons. The minimum Gasteiger partial charge on any atom is -0.478 e. The maximum atomic E-state index is 13.4. The molecule has 0 fully saturated rings. The first-order chi connectivity index (χ1) is 9.90. The lowest BCUT2D eigenvalue weighted by atomic mass is 10.1. The minimum absolute atomic E-state index is 0.219. The molecule has 0 amide bonds. The second-order valence-corrected chi connectivity index (χ2v) is 5.29. The van der Waals surface area contributed by atoms with Crippen molar-refractivity contribution in [2.24, 2.45) is 0 Å². The van der Waals surface area contributed by atoms with E-state index in [4.69, 9.17) is 28.3 Å². The van der Waals surface area contributed by atoms with E-state index < -0.39 is 11.8 Å². The average molecular weight is 328 g/mol. The first-order valence-electron chi connectivity index (χ1n) is 6.13. The van der Waals surface area contributed by atoms with E-state index in [1.807, 2.05) is 13.0 Å². The van der Waals surface area contributed by atoms with Gasteiger partial charge >= 0.3 is 5.97 Å². The Kier molecular flexibility index (Phi) is 4.70. The number of anilines is 1. The molecular weight excluding hydrogens is 316 g/mol. The summed E-state index contributed by atoms with van der Waals surface area (Å²) < 4.78 is 13.4. The zero-order valence-corrected chi connectivity index (χ0v) is 12.5. The number of hydrogen-bond acceptors (Lipinski definition) is 2. The number of nitrogens with one attached hydrogen (secondary N) is 1. The number of carboxylic acid groups (broad SMARTS) is 1. The van der Waals surface area contributed by atoms with Gasteiger partial charge < -0.3 is 10.4 Å². The molecule has 0 aliphatic carbocycles. The van der Waals surface area contributed by atoms with Crippen LogP contribution in [-0.4, -0.2) is 11.1 Å². The van der Waals surface area contributed by atoms with Gasteiger partial charge in [-0.05, 0) is 36.8 Å². The summed E-state index contributed by atoms with van der Waals surface area (Å²) in [7, 11) is 0. The van der Waals surface area contributed by atoms with Crippen LogP contribution in [0.3, 0.4) is 0 Å². The molecule has 2 aromatic rings. The molecule has 0 bridgehead atoms. The molecule has 2 rings (SSSR count). The number of hydrogen-bond donors (Lipinski definition) is 2. The highest BCUT2D eigenvalue weighted by molar-refractivity contribution is 6.42. The van der Waals surface area contributed by atoms with E-state index in [0.29, 0.717) is 15.7 Å². The van der Waals surface area contributed by atoms with Crippen LogP contribution in [0.1, 0.15) is 28.9 Å². The van der Waals surface area contributed by atoms with E-state index in [2.05, 4.69) is 5.32 Å². The predicted octanol–water partition coefficient (Wildman–Crippen LogP) is 5.00. The monoisotopic (exact) mass is 327 g/mol. The molecule has 2 aromatic carbocycles. The van der Waals surface area contributed by atoms with Gasteiger partial charge in [0.1, 0.15) is 5.82 Å². The van der Waals surface area contributed by atoms with Gasteiger partial charge in [0.15, 0.2) is 0 Å². The van der Waals surface area contributed by atoms with Crippen LogP contribution in [0, 0.1) is 5.82 Å². The fourth-order valence-electron chi connectivity index (χ4n) is 1.96. The van der Waals surface area contributed by atoms with Crippen molar-refractivity contribution >= 4 is 34.9 Å². The SMILES string of the molecule is CC(Nc1ccc(F)c(C(=O)O)c1)c1cccc(Cl)c1Cl. The van der Waals surface area contributed by atoms with Gasteiger partial charge in [-0.3, -0.25) is 0 Å². The molecule has 21 heavy (non-hydrogen) atoms. The van der Waals surface area contributed by atoms with Gasteiger partial charge in [0.2, 0.25) is 0 Å². The zero-order valence-electron chi connectivity index (χ0n) is 11.0. The predicted molar refractivity (Wildman–Crippen MR) is 81.9 cm³/mol. The summed E-state index contributed by atoms with van der Waals surface area (Å²) in [5, 5.41) is 12.9. The Labute approximate surface area is 131 Å². The molecule has 0 saturated heterocycles. The van der Waals surface area contributed by atoms with Crippen molar-refractivity contribution in [3.63, 3.8) is 0 Å². The van der Waals surface area contributed by atoms with E-state index in [-0.39, 0.29) is 11.6 Å². The van der Waals surface area contributed by atoms with E-state index in [1.54, 1.807) is 12.1 Å². The van der Waals surface area contributed by atoms with Crippen LogP contribution in [0.25, 0.3) is 0 Å². The number of carbonyl (C=O) groups is 1. The highest BCUT2D eigenvalue weighted by Gasteiger charge is 2.14. The lowest BCUT2D eigenvalue weighted by molar-refractivity contribution is 0.0692. The van der Waals surface area contributed by atoms with Gasteiger partial charge in [0.05, 0.1) is 21.7 Å². The van der Waals surface area contributed by atoms with Crippen LogP contribution in [0.4, 0.5) is 10.1 Å². The van der Waals surface area contributed by atoms with Gasteiger partial charge in [0.25, 0.3) is 0 Å². The summed E-state index contributed by atoms with van der Waals surface area (Å²) >= 11 is 12.1. The highest BCUT2D eigenvalue weighted by atomic mass is 35.5. The van der Waals surface area contributed by atoms with Crippen LogP contribution in [0.5, 0.6) is 0 Å². The topological polar surface area (TPSA) is 49.3 Å². The summed E-state index contributed by atoms with van der Waals surface area (Å²) in [6.07, 6.45) is 0. The van der Waals surface area contributed by atoms with Crippen molar-refractivity contribution < 1.29 is 14.3 Å². The second kappa shape index (κ2) is 6.33. The fraction of sp³-hybridized carbons (Fsp3) is 0.133. The molecule has 0 saturated carbocycles. The number of aromatic carboxylic acids is 1. The molecule has 0 spiro atoms. The van der Waals surface area contributed by atoms with E-state index in [9.17, 15) is 9.18 Å². The summed E-state index contributed by atoms with van der Waals surface area (Å²) in [5.41, 5.74) is 0.868. The molecule has 1 atom stereocenters. The molecule has 0 heterocycles. The molecule has 2 N–H and O–H groups in total. The van der Waals surface area contributed by atoms with Crippen molar-refractivity contribution in [2.45, 2.75) is 13.0 Å². The molecule has 1 unspecified atom stereocenters. The molecule has 0 aromatic heterocycles. The van der Waals surface area contributed by atoms with Gasteiger partial charge in [-0.1, -0.05) is 35.3 Å². The fourth-order valence-corrected chi connectivity index (χ4v) is 2.43. The van der Waals surface area contributed by atoms with Gasteiger partial charge in [-0.25, -0.2) is 9.18 Å².